The number of anilines is 1. The predicted octanol–water partition coefficient (Wildman–Crippen LogP) is 2.81. The van der Waals surface area contributed by atoms with Crippen LogP contribution in [0.4, 0.5) is 5.69 Å². The molecule has 1 aromatic carbocycles. The number of rotatable bonds is 3. The fraction of sp³-hybridized carbons (Fsp3) is 0.500. The van der Waals surface area contributed by atoms with E-state index in [1.54, 1.807) is 19.1 Å². The second-order valence-electron chi connectivity index (χ2n) is 7.10. The first-order valence-electron chi connectivity index (χ1n) is 8.40. The van der Waals surface area contributed by atoms with E-state index in [1.807, 2.05) is 12.1 Å². The first-order valence-corrected chi connectivity index (χ1v) is 9.20. The summed E-state index contributed by atoms with van der Waals surface area (Å²) >= 11 is 3.34. The van der Waals surface area contributed by atoms with Crippen LogP contribution < -0.4 is 5.32 Å². The molecule has 2 bridgehead atoms. The maximum Gasteiger partial charge on any atom is 0.247 e. The second kappa shape index (κ2) is 5.69. The van der Waals surface area contributed by atoms with Crippen molar-refractivity contribution in [1.29, 1.82) is 0 Å². The third kappa shape index (κ3) is 2.31. The molecule has 0 unspecified atom stereocenters. The number of carbonyl (C=O) groups excluding carboxylic acids is 3. The monoisotopic (exact) mass is 390 g/mol. The number of nitrogens with one attached hydrogen (secondary N) is 1. The van der Waals surface area contributed by atoms with Crippen LogP contribution >= 0.6 is 15.9 Å². The average Bonchev–Trinajstić information content (AvgIpc) is 3.23. The van der Waals surface area contributed by atoms with Gasteiger partial charge >= 0.3 is 0 Å². The van der Waals surface area contributed by atoms with Gasteiger partial charge in [0, 0.05) is 10.2 Å². The summed E-state index contributed by atoms with van der Waals surface area (Å²) in [6, 6.07) is 6.43. The largest absolute Gasteiger partial charge is 0.324 e. The summed E-state index contributed by atoms with van der Waals surface area (Å²) in [5, 5.41) is 2.78. The van der Waals surface area contributed by atoms with E-state index in [0.717, 1.165) is 23.7 Å². The predicted molar refractivity (Wildman–Crippen MR) is 91.9 cm³/mol. The molecule has 1 heterocycles. The maximum atomic E-state index is 12.7. The Labute approximate surface area is 148 Å². The minimum atomic E-state index is -0.779. The van der Waals surface area contributed by atoms with E-state index in [-0.39, 0.29) is 29.6 Å². The third-order valence-electron chi connectivity index (χ3n) is 5.84. The fourth-order valence-corrected chi connectivity index (χ4v) is 4.98. The molecule has 1 saturated heterocycles. The molecule has 126 valence electrons. The van der Waals surface area contributed by atoms with Crippen LogP contribution in [0, 0.1) is 23.7 Å². The Bertz CT molecular complexity index is 689. The second-order valence-corrected chi connectivity index (χ2v) is 8.02. The summed E-state index contributed by atoms with van der Waals surface area (Å²) in [5.74, 6) is -0.303. The van der Waals surface area contributed by atoms with Gasteiger partial charge in [0.2, 0.25) is 17.7 Å². The Morgan fingerprint density at radius 2 is 1.67 bits per heavy atom. The van der Waals surface area contributed by atoms with Gasteiger partial charge in [0.05, 0.1) is 11.8 Å². The Hall–Kier alpha value is -1.69. The van der Waals surface area contributed by atoms with E-state index in [1.165, 1.54) is 4.90 Å². The van der Waals surface area contributed by atoms with E-state index in [0.29, 0.717) is 17.5 Å². The standard InChI is InChI=1S/C18H19BrN2O3/c1-9(16(22)20-13-6-4-12(19)5-7-13)21-17(23)14-10-2-3-11(8-10)15(14)18(21)24/h4-7,9-11,14-15H,2-3,8H2,1H3,(H,20,22)/t9-,10-,11+,14-,15+/m1/s1. The lowest BCUT2D eigenvalue weighted by molar-refractivity contribution is -0.146. The number of hydrogen-bond acceptors (Lipinski definition) is 3. The molecule has 3 aliphatic rings. The van der Waals surface area contributed by atoms with Crippen molar-refractivity contribution in [2.24, 2.45) is 23.7 Å². The highest BCUT2D eigenvalue weighted by atomic mass is 79.9. The molecule has 0 radical (unpaired) electrons. The van der Waals surface area contributed by atoms with Gasteiger partial charge in [-0.15, -0.1) is 0 Å². The van der Waals surface area contributed by atoms with Crippen molar-refractivity contribution in [1.82, 2.24) is 4.90 Å². The van der Waals surface area contributed by atoms with Crippen LogP contribution in [0.5, 0.6) is 0 Å². The number of halogens is 1. The topological polar surface area (TPSA) is 66.5 Å². The van der Waals surface area contributed by atoms with E-state index in [9.17, 15) is 14.4 Å². The van der Waals surface area contributed by atoms with Crippen molar-refractivity contribution in [3.05, 3.63) is 28.7 Å². The minimum absolute atomic E-state index is 0.143. The molecule has 24 heavy (non-hydrogen) atoms. The zero-order valence-electron chi connectivity index (χ0n) is 13.4. The SMILES string of the molecule is C[C@H](C(=O)Nc1ccc(Br)cc1)N1C(=O)[C@@H]2[C@@H]3CC[C@@H](C3)[C@@H]2C1=O. The molecule has 6 heteroatoms. The summed E-state index contributed by atoms with van der Waals surface area (Å²) in [6.45, 7) is 1.63. The molecule has 5 nitrogen and oxygen atoms in total. The molecular weight excluding hydrogens is 372 g/mol. The first-order chi connectivity index (χ1) is 11.5. The van der Waals surface area contributed by atoms with Crippen LogP contribution in [0.3, 0.4) is 0 Å². The smallest absolute Gasteiger partial charge is 0.247 e. The highest BCUT2D eigenvalue weighted by Crippen LogP contribution is 2.56. The Morgan fingerprint density at radius 1 is 1.12 bits per heavy atom. The number of imide groups is 1. The quantitative estimate of drug-likeness (QED) is 0.806. The van der Waals surface area contributed by atoms with Crippen molar-refractivity contribution < 1.29 is 14.4 Å². The zero-order valence-corrected chi connectivity index (χ0v) is 15.0. The molecule has 3 fully saturated rings. The number of amides is 3. The highest BCUT2D eigenvalue weighted by Gasteiger charge is 2.62. The molecule has 2 aliphatic carbocycles. The molecule has 2 saturated carbocycles. The molecule has 1 aliphatic heterocycles. The number of carbonyl (C=O) groups is 3. The fourth-order valence-electron chi connectivity index (χ4n) is 4.71. The van der Waals surface area contributed by atoms with Gasteiger partial charge in [0.15, 0.2) is 0 Å². The molecular formula is C18H19BrN2O3. The van der Waals surface area contributed by atoms with Gasteiger partial charge in [0.25, 0.3) is 0 Å². The summed E-state index contributed by atoms with van der Waals surface area (Å²) in [5.41, 5.74) is 0.648. The van der Waals surface area contributed by atoms with Crippen LogP contribution in [-0.4, -0.2) is 28.7 Å². The van der Waals surface area contributed by atoms with Crippen molar-refractivity contribution in [3.8, 4) is 0 Å². The Kier molecular flexibility index (Phi) is 3.75. The number of nitrogens with zero attached hydrogens (tertiary/aromatic N) is 1. The van der Waals surface area contributed by atoms with E-state index < -0.39 is 6.04 Å². The number of benzene rings is 1. The van der Waals surface area contributed by atoms with Gasteiger partial charge in [0.1, 0.15) is 6.04 Å². The summed E-state index contributed by atoms with van der Waals surface area (Å²) in [6.07, 6.45) is 3.08. The van der Waals surface area contributed by atoms with Crippen LogP contribution in [0.15, 0.2) is 28.7 Å². The Morgan fingerprint density at radius 3 is 2.21 bits per heavy atom. The van der Waals surface area contributed by atoms with Gasteiger partial charge in [-0.05, 0) is 62.3 Å². The van der Waals surface area contributed by atoms with Crippen LogP contribution in [-0.2, 0) is 14.4 Å². The molecule has 1 N–H and O–H groups in total. The maximum absolute atomic E-state index is 12.7. The lowest BCUT2D eigenvalue weighted by Gasteiger charge is -2.23. The van der Waals surface area contributed by atoms with Gasteiger partial charge in [-0.25, -0.2) is 0 Å². The van der Waals surface area contributed by atoms with Gasteiger partial charge in [-0.3, -0.25) is 19.3 Å². The summed E-state index contributed by atoms with van der Waals surface area (Å²) in [7, 11) is 0. The lowest BCUT2D eigenvalue weighted by atomic mass is 9.81. The Balaban J connectivity index is 1.51. The number of hydrogen-bond donors (Lipinski definition) is 1. The summed E-state index contributed by atoms with van der Waals surface area (Å²) in [4.78, 5) is 39.2. The van der Waals surface area contributed by atoms with Gasteiger partial charge < -0.3 is 5.32 Å². The summed E-state index contributed by atoms with van der Waals surface area (Å²) < 4.78 is 0.918. The minimum Gasteiger partial charge on any atom is -0.324 e. The van der Waals surface area contributed by atoms with Gasteiger partial charge in [-0.1, -0.05) is 15.9 Å². The van der Waals surface area contributed by atoms with E-state index in [2.05, 4.69) is 21.2 Å². The van der Waals surface area contributed by atoms with Crippen LogP contribution in [0.1, 0.15) is 26.2 Å². The molecule has 1 aromatic rings. The van der Waals surface area contributed by atoms with Crippen molar-refractivity contribution in [3.63, 3.8) is 0 Å². The lowest BCUT2D eigenvalue weighted by Crippen LogP contribution is -2.46. The molecule has 0 spiro atoms. The first kappa shape index (κ1) is 15.8. The van der Waals surface area contributed by atoms with Crippen molar-refractivity contribution in [2.75, 3.05) is 5.32 Å². The van der Waals surface area contributed by atoms with Crippen molar-refractivity contribution in [2.45, 2.75) is 32.2 Å². The van der Waals surface area contributed by atoms with Crippen LogP contribution in [0.2, 0.25) is 0 Å². The zero-order chi connectivity index (χ0) is 17.0. The average molecular weight is 391 g/mol. The van der Waals surface area contributed by atoms with E-state index in [4.69, 9.17) is 0 Å². The number of likely N-dealkylation sites (tertiary alicyclic amines) is 1. The molecule has 5 atom stereocenters. The van der Waals surface area contributed by atoms with Crippen molar-refractivity contribution >= 4 is 39.3 Å². The van der Waals surface area contributed by atoms with Crippen LogP contribution in [0.25, 0.3) is 0 Å². The van der Waals surface area contributed by atoms with Gasteiger partial charge in [-0.2, -0.15) is 0 Å². The molecule has 4 rings (SSSR count). The normalized spacial score (nSPS) is 32.2. The third-order valence-corrected chi connectivity index (χ3v) is 6.37. The molecule has 0 aromatic heterocycles. The van der Waals surface area contributed by atoms with E-state index >= 15 is 0 Å². The molecule has 3 amide bonds. The number of fused-ring (bicyclic) bond motifs is 5. The highest BCUT2D eigenvalue weighted by molar-refractivity contribution is 9.10.